The molecule has 152 valence electrons. The van der Waals surface area contributed by atoms with Crippen LogP contribution in [-0.2, 0) is 4.79 Å². The van der Waals surface area contributed by atoms with Gasteiger partial charge in [0.25, 0.3) is 11.8 Å². The molecule has 3 amide bonds. The Kier molecular flexibility index (Phi) is 7.12. The molecular weight excluding hydrogens is 413 g/mol. The molecule has 0 bridgehead atoms. The second-order valence-corrected chi connectivity index (χ2v) is 7.54. The van der Waals surface area contributed by atoms with Gasteiger partial charge in [-0.15, -0.1) is 0 Å². The Morgan fingerprint density at radius 3 is 2.45 bits per heavy atom. The zero-order valence-electron chi connectivity index (χ0n) is 15.7. The molecule has 8 heteroatoms. The quantitative estimate of drug-likeness (QED) is 0.686. The molecule has 29 heavy (non-hydrogen) atoms. The van der Waals surface area contributed by atoms with E-state index in [-0.39, 0.29) is 29.3 Å². The molecule has 2 aromatic rings. The highest BCUT2D eigenvalue weighted by Gasteiger charge is 2.35. The van der Waals surface area contributed by atoms with Gasteiger partial charge in [0, 0.05) is 30.2 Å². The Hall–Kier alpha value is -2.57. The SMILES string of the molecule is O=C(NCCNC(=O)[C@H]1CCCN1C(=O)c1ccc(Cl)cc1Cl)c1ccccc1. The summed E-state index contributed by atoms with van der Waals surface area (Å²) in [5.74, 6) is -0.730. The monoisotopic (exact) mass is 433 g/mol. The summed E-state index contributed by atoms with van der Waals surface area (Å²) >= 11 is 12.0. The molecule has 1 saturated heterocycles. The van der Waals surface area contributed by atoms with Gasteiger partial charge in [0.15, 0.2) is 0 Å². The van der Waals surface area contributed by atoms with E-state index in [1.807, 2.05) is 6.07 Å². The first-order chi connectivity index (χ1) is 14.0. The number of carbonyl (C=O) groups is 3. The predicted molar refractivity (Wildman–Crippen MR) is 112 cm³/mol. The average Bonchev–Trinajstić information content (AvgIpc) is 3.21. The van der Waals surface area contributed by atoms with E-state index in [2.05, 4.69) is 10.6 Å². The van der Waals surface area contributed by atoms with E-state index in [9.17, 15) is 14.4 Å². The van der Waals surface area contributed by atoms with Gasteiger partial charge in [-0.25, -0.2) is 0 Å². The molecule has 0 radical (unpaired) electrons. The summed E-state index contributed by atoms with van der Waals surface area (Å²) in [4.78, 5) is 38.9. The van der Waals surface area contributed by atoms with Crippen molar-refractivity contribution in [2.45, 2.75) is 18.9 Å². The Morgan fingerprint density at radius 1 is 1.00 bits per heavy atom. The summed E-state index contributed by atoms with van der Waals surface area (Å²) in [7, 11) is 0. The molecule has 3 rings (SSSR count). The molecule has 0 saturated carbocycles. The van der Waals surface area contributed by atoms with Crippen molar-refractivity contribution < 1.29 is 14.4 Å². The van der Waals surface area contributed by atoms with Crippen molar-refractivity contribution in [3.63, 3.8) is 0 Å². The van der Waals surface area contributed by atoms with E-state index in [4.69, 9.17) is 23.2 Å². The summed E-state index contributed by atoms with van der Waals surface area (Å²) in [5.41, 5.74) is 0.886. The fourth-order valence-electron chi connectivity index (χ4n) is 3.27. The number of benzene rings is 2. The number of hydrogen-bond donors (Lipinski definition) is 2. The van der Waals surface area contributed by atoms with Crippen molar-refractivity contribution in [1.82, 2.24) is 15.5 Å². The van der Waals surface area contributed by atoms with Crippen molar-refractivity contribution in [3.8, 4) is 0 Å². The molecule has 1 atom stereocenters. The number of amides is 3. The van der Waals surface area contributed by atoms with Gasteiger partial charge in [-0.1, -0.05) is 41.4 Å². The van der Waals surface area contributed by atoms with Crippen LogP contribution in [0.3, 0.4) is 0 Å². The predicted octanol–water partition coefficient (Wildman–Crippen LogP) is 3.14. The van der Waals surface area contributed by atoms with Crippen molar-refractivity contribution in [2.75, 3.05) is 19.6 Å². The maximum atomic E-state index is 12.8. The van der Waals surface area contributed by atoms with Crippen molar-refractivity contribution in [2.24, 2.45) is 0 Å². The van der Waals surface area contributed by atoms with E-state index < -0.39 is 6.04 Å². The summed E-state index contributed by atoms with van der Waals surface area (Å²) in [5, 5.41) is 6.25. The van der Waals surface area contributed by atoms with Gasteiger partial charge in [-0.3, -0.25) is 14.4 Å². The van der Waals surface area contributed by atoms with Crippen LogP contribution in [0.4, 0.5) is 0 Å². The first kappa shape index (κ1) is 21.1. The third-order valence-electron chi connectivity index (χ3n) is 4.72. The number of hydrogen-bond acceptors (Lipinski definition) is 3. The fourth-order valence-corrected chi connectivity index (χ4v) is 3.76. The fraction of sp³-hybridized carbons (Fsp3) is 0.286. The lowest BCUT2D eigenvalue weighted by molar-refractivity contribution is -0.124. The molecule has 0 spiro atoms. The minimum absolute atomic E-state index is 0.199. The lowest BCUT2D eigenvalue weighted by Crippen LogP contribution is -2.47. The lowest BCUT2D eigenvalue weighted by Gasteiger charge is -2.24. The van der Waals surface area contributed by atoms with Crippen LogP contribution in [-0.4, -0.2) is 48.3 Å². The second kappa shape index (κ2) is 9.76. The highest BCUT2D eigenvalue weighted by molar-refractivity contribution is 6.36. The summed E-state index contributed by atoms with van der Waals surface area (Å²) in [6, 6.07) is 13.0. The Bertz CT molecular complexity index is 905. The third-order valence-corrected chi connectivity index (χ3v) is 5.27. The normalized spacial score (nSPS) is 15.8. The molecule has 2 aromatic carbocycles. The van der Waals surface area contributed by atoms with Gasteiger partial charge in [0.2, 0.25) is 5.91 Å². The van der Waals surface area contributed by atoms with Gasteiger partial charge in [-0.2, -0.15) is 0 Å². The van der Waals surface area contributed by atoms with Crippen molar-refractivity contribution in [3.05, 3.63) is 69.7 Å². The van der Waals surface area contributed by atoms with Crippen LogP contribution in [0.5, 0.6) is 0 Å². The molecule has 1 aliphatic heterocycles. The maximum Gasteiger partial charge on any atom is 0.256 e. The summed E-state index contributed by atoms with van der Waals surface area (Å²) in [6.45, 7) is 1.06. The smallest absolute Gasteiger partial charge is 0.256 e. The van der Waals surface area contributed by atoms with Gasteiger partial charge < -0.3 is 15.5 Å². The second-order valence-electron chi connectivity index (χ2n) is 6.69. The first-order valence-electron chi connectivity index (χ1n) is 9.34. The topological polar surface area (TPSA) is 78.5 Å². The lowest BCUT2D eigenvalue weighted by atomic mass is 10.1. The highest BCUT2D eigenvalue weighted by Crippen LogP contribution is 2.26. The van der Waals surface area contributed by atoms with Gasteiger partial charge in [0.1, 0.15) is 6.04 Å². The maximum absolute atomic E-state index is 12.8. The van der Waals surface area contributed by atoms with Gasteiger partial charge in [0.05, 0.1) is 10.6 Å². The molecule has 0 unspecified atom stereocenters. The molecule has 1 fully saturated rings. The number of rotatable bonds is 6. The number of carbonyl (C=O) groups excluding carboxylic acids is 3. The average molecular weight is 434 g/mol. The molecule has 0 aromatic heterocycles. The van der Waals surface area contributed by atoms with E-state index in [0.717, 1.165) is 6.42 Å². The molecular formula is C21H21Cl2N3O3. The zero-order chi connectivity index (χ0) is 20.8. The van der Waals surface area contributed by atoms with Gasteiger partial charge >= 0.3 is 0 Å². The number of nitrogens with zero attached hydrogens (tertiary/aromatic N) is 1. The Labute approximate surface area is 179 Å². The summed E-state index contributed by atoms with van der Waals surface area (Å²) in [6.07, 6.45) is 1.32. The van der Waals surface area contributed by atoms with Crippen LogP contribution >= 0.6 is 23.2 Å². The molecule has 6 nitrogen and oxygen atoms in total. The number of nitrogens with one attached hydrogen (secondary N) is 2. The number of halogens is 2. The van der Waals surface area contributed by atoms with Crippen LogP contribution < -0.4 is 10.6 Å². The Balaban J connectivity index is 1.52. The van der Waals surface area contributed by atoms with Crippen LogP contribution in [0.1, 0.15) is 33.6 Å². The van der Waals surface area contributed by atoms with E-state index >= 15 is 0 Å². The minimum atomic E-state index is -0.556. The Morgan fingerprint density at radius 2 is 1.72 bits per heavy atom. The van der Waals surface area contributed by atoms with Gasteiger partial charge in [-0.05, 0) is 43.2 Å². The minimum Gasteiger partial charge on any atom is -0.353 e. The summed E-state index contributed by atoms with van der Waals surface area (Å²) < 4.78 is 0. The van der Waals surface area contributed by atoms with Crippen LogP contribution in [0, 0.1) is 0 Å². The van der Waals surface area contributed by atoms with E-state index in [0.29, 0.717) is 35.7 Å². The van der Waals surface area contributed by atoms with Crippen molar-refractivity contribution >= 4 is 40.9 Å². The molecule has 1 heterocycles. The van der Waals surface area contributed by atoms with Crippen molar-refractivity contribution in [1.29, 1.82) is 0 Å². The van der Waals surface area contributed by atoms with Crippen LogP contribution in [0.15, 0.2) is 48.5 Å². The van der Waals surface area contributed by atoms with E-state index in [1.165, 1.54) is 11.0 Å². The van der Waals surface area contributed by atoms with Crippen LogP contribution in [0.25, 0.3) is 0 Å². The third kappa shape index (κ3) is 5.28. The van der Waals surface area contributed by atoms with Crippen LogP contribution in [0.2, 0.25) is 10.0 Å². The number of likely N-dealkylation sites (tertiary alicyclic amines) is 1. The largest absolute Gasteiger partial charge is 0.353 e. The standard InChI is InChI=1S/C21H21Cl2N3O3/c22-15-8-9-16(17(23)13-15)21(29)26-12-4-7-18(26)20(28)25-11-10-24-19(27)14-5-2-1-3-6-14/h1-3,5-6,8-9,13,18H,4,7,10-12H2,(H,24,27)(H,25,28)/t18-/m1/s1. The molecule has 1 aliphatic rings. The zero-order valence-corrected chi connectivity index (χ0v) is 17.2. The highest BCUT2D eigenvalue weighted by atomic mass is 35.5. The van der Waals surface area contributed by atoms with E-state index in [1.54, 1.807) is 36.4 Å². The molecule has 2 N–H and O–H groups in total. The first-order valence-corrected chi connectivity index (χ1v) is 10.1. The molecule has 0 aliphatic carbocycles.